The number of nitrogens with one attached hydrogen (secondary N) is 1. The van der Waals surface area contributed by atoms with Crippen LogP contribution in [0.15, 0.2) is 48.5 Å². The maximum absolute atomic E-state index is 14.2. The van der Waals surface area contributed by atoms with Crippen molar-refractivity contribution in [2.45, 2.75) is 6.42 Å². The lowest BCUT2D eigenvalue weighted by Gasteiger charge is -2.34. The van der Waals surface area contributed by atoms with Crippen LogP contribution in [0, 0.1) is 17.1 Å². The standard InChI is InChI=1S/C22H25FN4O2/c1-29-19-7-4-6-18(16-19)26-14-12-25(13-15-26)17-22(28)27(11-5-10-24)21-9-3-2-8-20(21)23/h2-4,6-9,16H,5,11-15,17H2,1H3/p+1. The minimum Gasteiger partial charge on any atom is -0.497 e. The first-order valence-corrected chi connectivity index (χ1v) is 9.77. The van der Waals surface area contributed by atoms with Crippen LogP contribution in [-0.2, 0) is 4.79 Å². The van der Waals surface area contributed by atoms with Gasteiger partial charge in [0.25, 0.3) is 5.91 Å². The van der Waals surface area contributed by atoms with E-state index in [0.717, 1.165) is 42.5 Å². The van der Waals surface area contributed by atoms with Crippen molar-refractivity contribution in [3.8, 4) is 11.8 Å². The lowest BCUT2D eigenvalue weighted by Crippen LogP contribution is -3.16. The van der Waals surface area contributed by atoms with Gasteiger partial charge in [0.1, 0.15) is 11.6 Å². The highest BCUT2D eigenvalue weighted by molar-refractivity contribution is 5.94. The molecule has 1 aliphatic rings. The van der Waals surface area contributed by atoms with Gasteiger partial charge in [0, 0.05) is 18.3 Å². The summed E-state index contributed by atoms with van der Waals surface area (Å²) in [7, 11) is 1.65. The molecule has 0 aromatic heterocycles. The quantitative estimate of drug-likeness (QED) is 0.769. The summed E-state index contributed by atoms with van der Waals surface area (Å²) < 4.78 is 19.5. The maximum Gasteiger partial charge on any atom is 0.282 e. The van der Waals surface area contributed by atoms with Gasteiger partial charge >= 0.3 is 0 Å². The number of anilines is 2. The summed E-state index contributed by atoms with van der Waals surface area (Å²) in [4.78, 5) is 17.7. The van der Waals surface area contributed by atoms with E-state index in [1.807, 2.05) is 24.3 Å². The molecule has 0 spiro atoms. The molecule has 1 heterocycles. The Bertz CT molecular complexity index is 875. The lowest BCUT2D eigenvalue weighted by molar-refractivity contribution is -0.892. The van der Waals surface area contributed by atoms with Gasteiger partial charge < -0.3 is 19.4 Å². The molecule has 29 heavy (non-hydrogen) atoms. The second kappa shape index (κ2) is 9.89. The Hall–Kier alpha value is -3.11. The number of halogens is 1. The van der Waals surface area contributed by atoms with Gasteiger partial charge in [-0.3, -0.25) is 4.79 Å². The Labute approximate surface area is 170 Å². The van der Waals surface area contributed by atoms with Gasteiger partial charge in [-0.1, -0.05) is 18.2 Å². The Morgan fingerprint density at radius 2 is 2.00 bits per heavy atom. The summed E-state index contributed by atoms with van der Waals surface area (Å²) >= 11 is 0. The predicted molar refractivity (Wildman–Crippen MR) is 110 cm³/mol. The van der Waals surface area contributed by atoms with E-state index < -0.39 is 5.82 Å². The van der Waals surface area contributed by atoms with Gasteiger partial charge in [0.05, 0.1) is 51.5 Å². The second-order valence-corrected chi connectivity index (χ2v) is 7.02. The number of carbonyl (C=O) groups is 1. The number of hydrogen-bond donors (Lipinski definition) is 1. The number of nitrogens with zero attached hydrogens (tertiary/aromatic N) is 3. The van der Waals surface area contributed by atoms with Crippen molar-refractivity contribution in [3.63, 3.8) is 0 Å². The van der Waals surface area contributed by atoms with E-state index in [1.165, 1.54) is 11.0 Å². The van der Waals surface area contributed by atoms with Crippen LogP contribution in [0.5, 0.6) is 5.75 Å². The van der Waals surface area contributed by atoms with Crippen molar-refractivity contribution in [2.24, 2.45) is 0 Å². The number of benzene rings is 2. The van der Waals surface area contributed by atoms with Crippen LogP contribution in [-0.4, -0.2) is 52.3 Å². The summed E-state index contributed by atoms with van der Waals surface area (Å²) in [6.45, 7) is 3.76. The zero-order valence-electron chi connectivity index (χ0n) is 16.6. The monoisotopic (exact) mass is 397 g/mol. The van der Waals surface area contributed by atoms with Crippen LogP contribution >= 0.6 is 0 Å². The normalized spacial score (nSPS) is 14.3. The lowest BCUT2D eigenvalue weighted by atomic mass is 10.2. The summed E-state index contributed by atoms with van der Waals surface area (Å²) in [5.41, 5.74) is 1.35. The van der Waals surface area contributed by atoms with E-state index in [-0.39, 0.29) is 31.1 Å². The smallest absolute Gasteiger partial charge is 0.282 e. The Morgan fingerprint density at radius 3 is 2.69 bits per heavy atom. The number of hydrogen-bond acceptors (Lipinski definition) is 4. The van der Waals surface area contributed by atoms with Gasteiger partial charge in [0.2, 0.25) is 0 Å². The van der Waals surface area contributed by atoms with Crippen molar-refractivity contribution in [2.75, 3.05) is 56.2 Å². The van der Waals surface area contributed by atoms with E-state index >= 15 is 0 Å². The summed E-state index contributed by atoms with van der Waals surface area (Å²) in [5, 5.41) is 8.91. The number of amides is 1. The zero-order chi connectivity index (χ0) is 20.6. The predicted octanol–water partition coefficient (Wildman–Crippen LogP) is 1.49. The van der Waals surface area contributed by atoms with Crippen molar-refractivity contribution >= 4 is 17.3 Å². The fourth-order valence-corrected chi connectivity index (χ4v) is 3.59. The van der Waals surface area contributed by atoms with Gasteiger partial charge in [0.15, 0.2) is 6.54 Å². The molecule has 0 aliphatic carbocycles. The third-order valence-electron chi connectivity index (χ3n) is 5.18. The third kappa shape index (κ3) is 5.24. The van der Waals surface area contributed by atoms with Gasteiger partial charge in [-0.15, -0.1) is 0 Å². The number of quaternary nitrogens is 1. The molecule has 1 fully saturated rings. The molecule has 0 bridgehead atoms. The molecular formula is C22H26FN4O2+. The van der Waals surface area contributed by atoms with Crippen LogP contribution in [0.3, 0.4) is 0 Å². The first-order valence-electron chi connectivity index (χ1n) is 9.77. The highest BCUT2D eigenvalue weighted by Gasteiger charge is 2.26. The molecule has 0 atom stereocenters. The van der Waals surface area contributed by atoms with Crippen molar-refractivity contribution in [1.82, 2.24) is 0 Å². The van der Waals surface area contributed by atoms with Gasteiger partial charge in [-0.25, -0.2) is 4.39 Å². The minimum atomic E-state index is -0.448. The number of nitriles is 1. The van der Waals surface area contributed by atoms with Crippen LogP contribution in [0.4, 0.5) is 15.8 Å². The van der Waals surface area contributed by atoms with E-state index in [1.54, 1.807) is 25.3 Å². The van der Waals surface area contributed by atoms with Crippen LogP contribution in [0.25, 0.3) is 0 Å². The fraction of sp³-hybridized carbons (Fsp3) is 0.364. The number of para-hydroxylation sites is 1. The molecule has 7 heteroatoms. The molecule has 152 valence electrons. The number of rotatable bonds is 7. The molecule has 2 aromatic carbocycles. The number of piperazine rings is 1. The zero-order valence-corrected chi connectivity index (χ0v) is 16.6. The van der Waals surface area contributed by atoms with E-state index in [0.29, 0.717) is 0 Å². The average Bonchev–Trinajstić information content (AvgIpc) is 2.75. The minimum absolute atomic E-state index is 0.157. The molecule has 2 aromatic rings. The second-order valence-electron chi connectivity index (χ2n) is 7.02. The topological polar surface area (TPSA) is 61.0 Å². The van der Waals surface area contributed by atoms with Gasteiger partial charge in [-0.05, 0) is 24.3 Å². The molecule has 1 saturated heterocycles. The highest BCUT2D eigenvalue weighted by atomic mass is 19.1. The van der Waals surface area contributed by atoms with Crippen molar-refractivity contribution in [3.05, 3.63) is 54.3 Å². The average molecular weight is 397 g/mol. The van der Waals surface area contributed by atoms with Crippen LogP contribution in [0.1, 0.15) is 6.42 Å². The number of methoxy groups -OCH3 is 1. The summed E-state index contributed by atoms with van der Waals surface area (Å²) in [5.74, 6) is 0.220. The molecule has 0 saturated carbocycles. The largest absolute Gasteiger partial charge is 0.497 e. The Balaban J connectivity index is 1.61. The molecular weight excluding hydrogens is 371 g/mol. The molecule has 6 nitrogen and oxygen atoms in total. The van der Waals surface area contributed by atoms with E-state index in [4.69, 9.17) is 10.00 Å². The van der Waals surface area contributed by atoms with Gasteiger partial charge in [-0.2, -0.15) is 5.26 Å². The molecule has 0 unspecified atom stereocenters. The van der Waals surface area contributed by atoms with Crippen LogP contribution in [0.2, 0.25) is 0 Å². The first kappa shape index (κ1) is 20.6. The maximum atomic E-state index is 14.2. The molecule has 3 rings (SSSR count). The SMILES string of the molecule is COc1cccc(N2CC[NH+](CC(=O)N(CCC#N)c3ccccc3F)CC2)c1. The summed E-state index contributed by atoms with van der Waals surface area (Å²) in [6, 6.07) is 16.2. The third-order valence-corrected chi connectivity index (χ3v) is 5.18. The highest BCUT2D eigenvalue weighted by Crippen LogP contribution is 2.21. The molecule has 0 radical (unpaired) electrons. The van der Waals surface area contributed by atoms with E-state index in [2.05, 4.69) is 11.0 Å². The van der Waals surface area contributed by atoms with Crippen LogP contribution < -0.4 is 19.4 Å². The van der Waals surface area contributed by atoms with Crippen molar-refractivity contribution in [1.29, 1.82) is 5.26 Å². The molecule has 1 N–H and O–H groups in total. The molecule has 1 aliphatic heterocycles. The summed E-state index contributed by atoms with van der Waals surface area (Å²) in [6.07, 6.45) is 0.166. The number of carbonyl (C=O) groups excluding carboxylic acids is 1. The first-order chi connectivity index (χ1) is 14.1. The fourth-order valence-electron chi connectivity index (χ4n) is 3.59. The Kier molecular flexibility index (Phi) is 7.04. The van der Waals surface area contributed by atoms with E-state index in [9.17, 15) is 9.18 Å². The molecule has 1 amide bonds. The Morgan fingerprint density at radius 1 is 1.24 bits per heavy atom. The van der Waals surface area contributed by atoms with Crippen molar-refractivity contribution < 1.29 is 18.8 Å². The number of ether oxygens (including phenoxy) is 1.